The normalized spacial score (nSPS) is 15.7. The second kappa shape index (κ2) is 8.19. The molecular formula is C37H27N. The van der Waals surface area contributed by atoms with Gasteiger partial charge >= 0.3 is 0 Å². The van der Waals surface area contributed by atoms with E-state index in [1.165, 1.54) is 55.7 Å². The maximum Gasteiger partial charge on any atom is 0.0723 e. The van der Waals surface area contributed by atoms with E-state index in [1.54, 1.807) is 0 Å². The molecule has 1 nitrogen and oxygen atoms in total. The van der Waals surface area contributed by atoms with Crippen LogP contribution in [0.15, 0.2) is 139 Å². The van der Waals surface area contributed by atoms with E-state index < -0.39 is 0 Å². The molecule has 5 aromatic rings. The first-order valence-electron chi connectivity index (χ1n) is 13.5. The third-order valence-corrected chi connectivity index (χ3v) is 8.51. The summed E-state index contributed by atoms with van der Waals surface area (Å²) in [7, 11) is 0. The molecule has 0 unspecified atom stereocenters. The number of anilines is 2. The van der Waals surface area contributed by atoms with Gasteiger partial charge in [0.25, 0.3) is 0 Å². The topological polar surface area (TPSA) is 12.0 Å². The van der Waals surface area contributed by atoms with E-state index in [2.05, 4.69) is 139 Å². The van der Waals surface area contributed by atoms with Crippen molar-refractivity contribution < 1.29 is 0 Å². The monoisotopic (exact) mass is 485 g/mol. The molecule has 0 heterocycles. The van der Waals surface area contributed by atoms with Crippen LogP contribution in [0.5, 0.6) is 0 Å². The van der Waals surface area contributed by atoms with E-state index in [9.17, 15) is 0 Å². The van der Waals surface area contributed by atoms with Crippen LogP contribution in [-0.4, -0.2) is 0 Å². The van der Waals surface area contributed by atoms with Crippen LogP contribution in [0.2, 0.25) is 0 Å². The number of allylic oxidation sites excluding steroid dienone is 4. The van der Waals surface area contributed by atoms with Gasteiger partial charge < -0.3 is 5.32 Å². The van der Waals surface area contributed by atoms with E-state index in [1.807, 2.05) is 0 Å². The molecule has 0 saturated carbocycles. The van der Waals surface area contributed by atoms with Gasteiger partial charge in [-0.2, -0.15) is 0 Å². The lowest BCUT2D eigenvalue weighted by Crippen LogP contribution is -2.26. The maximum atomic E-state index is 3.80. The zero-order valence-electron chi connectivity index (χ0n) is 21.1. The minimum Gasteiger partial charge on any atom is -0.355 e. The van der Waals surface area contributed by atoms with Gasteiger partial charge in [0.2, 0.25) is 0 Å². The Bertz CT molecular complexity index is 1740. The fourth-order valence-corrected chi connectivity index (χ4v) is 7.03. The first kappa shape index (κ1) is 21.5. The molecule has 8 rings (SSSR count). The van der Waals surface area contributed by atoms with Crippen molar-refractivity contribution in [1.29, 1.82) is 0 Å². The van der Waals surface area contributed by atoms with Crippen molar-refractivity contribution in [3.05, 3.63) is 161 Å². The highest BCUT2D eigenvalue weighted by Crippen LogP contribution is 2.64. The summed E-state index contributed by atoms with van der Waals surface area (Å²) >= 11 is 0. The van der Waals surface area contributed by atoms with Gasteiger partial charge in [-0.05, 0) is 81.1 Å². The van der Waals surface area contributed by atoms with E-state index in [-0.39, 0.29) is 5.41 Å². The minimum atomic E-state index is -0.272. The molecule has 180 valence electrons. The predicted molar refractivity (Wildman–Crippen MR) is 159 cm³/mol. The molecule has 38 heavy (non-hydrogen) atoms. The minimum absolute atomic E-state index is 0.272. The molecule has 3 aliphatic carbocycles. The quantitative estimate of drug-likeness (QED) is 0.268. The SMILES string of the molecule is C1=C2C(=CCC1)C1(c3cc(Nc4ccccc4-c4ccccc4)ccc32)c2ccccc2-c2ccccc21. The summed E-state index contributed by atoms with van der Waals surface area (Å²) in [5.74, 6) is 0. The second-order valence-corrected chi connectivity index (χ2v) is 10.5. The van der Waals surface area contributed by atoms with E-state index >= 15 is 0 Å². The summed E-state index contributed by atoms with van der Waals surface area (Å²) in [4.78, 5) is 0. The van der Waals surface area contributed by atoms with Crippen molar-refractivity contribution in [1.82, 2.24) is 0 Å². The van der Waals surface area contributed by atoms with Gasteiger partial charge in [-0.15, -0.1) is 0 Å². The highest BCUT2D eigenvalue weighted by Gasteiger charge is 2.53. The van der Waals surface area contributed by atoms with Crippen molar-refractivity contribution in [2.75, 3.05) is 5.32 Å². The van der Waals surface area contributed by atoms with Crippen LogP contribution in [-0.2, 0) is 5.41 Å². The summed E-state index contributed by atoms with van der Waals surface area (Å²) in [6.07, 6.45) is 7.16. The lowest BCUT2D eigenvalue weighted by Gasteiger charge is -2.32. The highest BCUT2D eigenvalue weighted by molar-refractivity contribution is 6.01. The molecule has 1 heteroatoms. The smallest absolute Gasteiger partial charge is 0.0723 e. The van der Waals surface area contributed by atoms with Gasteiger partial charge in [0.15, 0.2) is 0 Å². The summed E-state index contributed by atoms with van der Waals surface area (Å²) in [5.41, 5.74) is 15.5. The zero-order chi connectivity index (χ0) is 25.1. The standard InChI is InChI=1S/C37H27N/c1-2-12-25(13-3-1)27-14-7-11-21-36(27)38-26-22-23-31-30-17-6-10-20-34(30)37(35(31)24-26)32-18-8-4-15-28(32)29-16-5-9-19-33(29)37/h1-5,7-9,11-24,38H,6,10H2. The Kier molecular flexibility index (Phi) is 4.63. The van der Waals surface area contributed by atoms with Crippen LogP contribution in [0.4, 0.5) is 11.4 Å². The first-order chi connectivity index (χ1) is 18.9. The van der Waals surface area contributed by atoms with Gasteiger partial charge in [0, 0.05) is 16.9 Å². The largest absolute Gasteiger partial charge is 0.355 e. The molecule has 3 aliphatic rings. The number of benzene rings is 5. The molecule has 0 atom stereocenters. The first-order valence-corrected chi connectivity index (χ1v) is 13.5. The lowest BCUT2D eigenvalue weighted by molar-refractivity contribution is 0.782. The van der Waals surface area contributed by atoms with Crippen molar-refractivity contribution in [3.8, 4) is 22.3 Å². The molecular weight excluding hydrogens is 458 g/mol. The summed E-state index contributed by atoms with van der Waals surface area (Å²) in [6, 6.07) is 44.3. The highest BCUT2D eigenvalue weighted by atomic mass is 14.9. The average Bonchev–Trinajstić information content (AvgIpc) is 3.45. The van der Waals surface area contributed by atoms with Crippen molar-refractivity contribution in [2.45, 2.75) is 18.3 Å². The Hall–Kier alpha value is -4.62. The van der Waals surface area contributed by atoms with Crippen molar-refractivity contribution >= 4 is 16.9 Å². The Labute approximate surface area is 223 Å². The molecule has 0 radical (unpaired) electrons. The van der Waals surface area contributed by atoms with Gasteiger partial charge in [0.1, 0.15) is 0 Å². The van der Waals surface area contributed by atoms with Crippen LogP contribution in [0.1, 0.15) is 35.1 Å². The second-order valence-electron chi connectivity index (χ2n) is 10.5. The molecule has 0 fully saturated rings. The van der Waals surface area contributed by atoms with E-state index in [0.29, 0.717) is 0 Å². The summed E-state index contributed by atoms with van der Waals surface area (Å²) in [6.45, 7) is 0. The average molecular weight is 486 g/mol. The number of fused-ring (bicyclic) bond motifs is 10. The van der Waals surface area contributed by atoms with Crippen LogP contribution < -0.4 is 5.32 Å². The number of hydrogen-bond acceptors (Lipinski definition) is 1. The number of para-hydroxylation sites is 1. The van der Waals surface area contributed by atoms with Crippen LogP contribution in [0.25, 0.3) is 27.8 Å². The van der Waals surface area contributed by atoms with Crippen molar-refractivity contribution in [3.63, 3.8) is 0 Å². The molecule has 0 aromatic heterocycles. The van der Waals surface area contributed by atoms with Crippen LogP contribution in [0.3, 0.4) is 0 Å². The summed E-state index contributed by atoms with van der Waals surface area (Å²) < 4.78 is 0. The molecule has 0 bridgehead atoms. The Morgan fingerprint density at radius 3 is 1.89 bits per heavy atom. The van der Waals surface area contributed by atoms with E-state index in [0.717, 1.165) is 24.2 Å². The molecule has 1 N–H and O–H groups in total. The Morgan fingerprint density at radius 2 is 1.13 bits per heavy atom. The van der Waals surface area contributed by atoms with Crippen molar-refractivity contribution in [2.24, 2.45) is 0 Å². The van der Waals surface area contributed by atoms with Gasteiger partial charge in [-0.25, -0.2) is 0 Å². The predicted octanol–water partition coefficient (Wildman–Crippen LogP) is 9.53. The third-order valence-electron chi connectivity index (χ3n) is 8.51. The maximum absolute atomic E-state index is 3.80. The summed E-state index contributed by atoms with van der Waals surface area (Å²) in [5, 5.41) is 3.80. The fraction of sp³-hybridized carbons (Fsp3) is 0.0811. The van der Waals surface area contributed by atoms with Crippen LogP contribution >= 0.6 is 0 Å². The molecule has 1 spiro atoms. The molecule has 0 aliphatic heterocycles. The fourth-order valence-electron chi connectivity index (χ4n) is 7.03. The Balaban J connectivity index is 1.35. The van der Waals surface area contributed by atoms with E-state index in [4.69, 9.17) is 0 Å². The lowest BCUT2D eigenvalue weighted by atomic mass is 9.69. The molecule has 5 aromatic carbocycles. The van der Waals surface area contributed by atoms with Crippen LogP contribution in [0, 0.1) is 0 Å². The van der Waals surface area contributed by atoms with Gasteiger partial charge in [-0.3, -0.25) is 0 Å². The zero-order valence-corrected chi connectivity index (χ0v) is 21.1. The molecule has 0 saturated heterocycles. The molecule has 0 amide bonds. The number of hydrogen-bond donors (Lipinski definition) is 1. The third kappa shape index (κ3) is 2.87. The van der Waals surface area contributed by atoms with Gasteiger partial charge in [-0.1, -0.05) is 115 Å². The number of rotatable bonds is 3. The Morgan fingerprint density at radius 1 is 0.500 bits per heavy atom. The number of nitrogens with one attached hydrogen (secondary N) is 1. The van der Waals surface area contributed by atoms with Gasteiger partial charge in [0.05, 0.1) is 5.41 Å².